The highest BCUT2D eigenvalue weighted by Gasteiger charge is 1.98. The molecule has 1 rings (SSSR count). The number of nitriles is 1. The van der Waals surface area contributed by atoms with Crippen molar-refractivity contribution in [2.24, 2.45) is 5.18 Å². The van der Waals surface area contributed by atoms with Crippen molar-refractivity contribution in [2.75, 3.05) is 0 Å². The quantitative estimate of drug-likeness (QED) is 0.600. The summed E-state index contributed by atoms with van der Waals surface area (Å²) in [5.41, 5.74) is 1.04. The van der Waals surface area contributed by atoms with Crippen LogP contribution in [0, 0.1) is 16.2 Å². The van der Waals surface area contributed by atoms with E-state index in [1.165, 1.54) is 0 Å². The molecule has 0 fully saturated rings. The molecule has 0 radical (unpaired) electrons. The average molecular weight is 146 g/mol. The standard InChI is InChI=1S/C8H6N2O/c9-6-5-7-3-1-2-4-8(7)10-11/h1-4H,5H2. The summed E-state index contributed by atoms with van der Waals surface area (Å²) >= 11 is 0. The Bertz CT molecular complexity index is 301. The van der Waals surface area contributed by atoms with Gasteiger partial charge < -0.3 is 0 Å². The van der Waals surface area contributed by atoms with Crippen molar-refractivity contribution in [2.45, 2.75) is 6.42 Å². The van der Waals surface area contributed by atoms with Gasteiger partial charge >= 0.3 is 0 Å². The maximum atomic E-state index is 10.1. The molecule has 54 valence electrons. The number of hydrogen-bond acceptors (Lipinski definition) is 3. The lowest BCUT2D eigenvalue weighted by atomic mass is 10.1. The van der Waals surface area contributed by atoms with E-state index in [9.17, 15) is 4.91 Å². The van der Waals surface area contributed by atoms with Crippen LogP contribution in [0.3, 0.4) is 0 Å². The van der Waals surface area contributed by atoms with E-state index in [1.807, 2.05) is 6.07 Å². The molecule has 0 N–H and O–H groups in total. The zero-order valence-corrected chi connectivity index (χ0v) is 5.82. The first-order valence-corrected chi connectivity index (χ1v) is 3.16. The van der Waals surface area contributed by atoms with Gasteiger partial charge in [-0.05, 0) is 16.8 Å². The van der Waals surface area contributed by atoms with Gasteiger partial charge in [0, 0.05) is 0 Å². The van der Waals surface area contributed by atoms with Crippen molar-refractivity contribution in [1.29, 1.82) is 5.26 Å². The Balaban J connectivity index is 3.04. The molecule has 0 aliphatic rings. The average Bonchev–Trinajstić information content (AvgIpc) is 2.06. The second-order valence-electron chi connectivity index (χ2n) is 2.05. The molecule has 1 aromatic carbocycles. The van der Waals surface area contributed by atoms with Crippen molar-refractivity contribution < 1.29 is 0 Å². The topological polar surface area (TPSA) is 53.2 Å². The van der Waals surface area contributed by atoms with Gasteiger partial charge in [0.15, 0.2) is 0 Å². The fourth-order valence-corrected chi connectivity index (χ4v) is 0.835. The van der Waals surface area contributed by atoms with E-state index in [-0.39, 0.29) is 6.42 Å². The van der Waals surface area contributed by atoms with Crippen LogP contribution in [0.4, 0.5) is 5.69 Å². The summed E-state index contributed by atoms with van der Waals surface area (Å²) < 4.78 is 0. The van der Waals surface area contributed by atoms with Crippen LogP contribution in [-0.2, 0) is 6.42 Å². The number of rotatable bonds is 2. The first-order chi connectivity index (χ1) is 5.38. The molecule has 0 atom stereocenters. The molecule has 0 saturated carbocycles. The Morgan fingerprint density at radius 2 is 2.18 bits per heavy atom. The monoisotopic (exact) mass is 146 g/mol. The maximum absolute atomic E-state index is 10.1. The lowest BCUT2D eigenvalue weighted by Gasteiger charge is -1.94. The van der Waals surface area contributed by atoms with E-state index in [4.69, 9.17) is 5.26 Å². The smallest absolute Gasteiger partial charge is 0.112 e. The summed E-state index contributed by atoms with van der Waals surface area (Å²) in [6, 6.07) is 8.78. The highest BCUT2D eigenvalue weighted by atomic mass is 16.3. The number of hydrogen-bond donors (Lipinski definition) is 0. The predicted molar refractivity (Wildman–Crippen MR) is 41.2 cm³/mol. The molecule has 3 heteroatoms. The Kier molecular flexibility index (Phi) is 2.34. The van der Waals surface area contributed by atoms with Crippen molar-refractivity contribution in [3.05, 3.63) is 34.7 Å². The molecule has 0 aromatic heterocycles. The lowest BCUT2D eigenvalue weighted by Crippen LogP contribution is -1.80. The SMILES string of the molecule is N#CCc1ccccc1N=O. The van der Waals surface area contributed by atoms with Gasteiger partial charge in [-0.1, -0.05) is 18.2 Å². The third-order valence-electron chi connectivity index (χ3n) is 1.36. The molecule has 0 bridgehead atoms. The number of nitroso groups, excluding NO2 is 1. The first-order valence-electron chi connectivity index (χ1n) is 3.16. The van der Waals surface area contributed by atoms with Crippen LogP contribution in [0.15, 0.2) is 29.4 Å². The summed E-state index contributed by atoms with van der Waals surface area (Å²) in [5, 5.41) is 11.1. The minimum absolute atomic E-state index is 0.238. The molecule has 0 spiro atoms. The zero-order chi connectivity index (χ0) is 8.10. The summed E-state index contributed by atoms with van der Waals surface area (Å²) in [5.74, 6) is 0. The van der Waals surface area contributed by atoms with E-state index < -0.39 is 0 Å². The molecular formula is C8H6N2O. The van der Waals surface area contributed by atoms with Gasteiger partial charge in [-0.15, -0.1) is 4.91 Å². The Hall–Kier alpha value is -1.69. The van der Waals surface area contributed by atoms with Gasteiger partial charge in [0.05, 0.1) is 12.5 Å². The molecule has 0 aliphatic carbocycles. The molecule has 3 nitrogen and oxygen atoms in total. The van der Waals surface area contributed by atoms with Crippen LogP contribution >= 0.6 is 0 Å². The first kappa shape index (κ1) is 7.42. The van der Waals surface area contributed by atoms with Crippen LogP contribution in [0.25, 0.3) is 0 Å². The van der Waals surface area contributed by atoms with E-state index in [1.54, 1.807) is 24.3 Å². The van der Waals surface area contributed by atoms with Crippen molar-refractivity contribution in [1.82, 2.24) is 0 Å². The predicted octanol–water partition coefficient (Wildman–Crippen LogP) is 2.15. The lowest BCUT2D eigenvalue weighted by molar-refractivity contribution is 1.24. The summed E-state index contributed by atoms with van der Waals surface area (Å²) in [6.07, 6.45) is 0.238. The number of benzene rings is 1. The van der Waals surface area contributed by atoms with Crippen molar-refractivity contribution in [3.8, 4) is 6.07 Å². The second-order valence-corrected chi connectivity index (χ2v) is 2.05. The highest BCUT2D eigenvalue weighted by Crippen LogP contribution is 2.17. The van der Waals surface area contributed by atoms with Gasteiger partial charge in [0.2, 0.25) is 0 Å². The summed E-state index contributed by atoms with van der Waals surface area (Å²) in [7, 11) is 0. The fourth-order valence-electron chi connectivity index (χ4n) is 0.835. The molecular weight excluding hydrogens is 140 g/mol. The van der Waals surface area contributed by atoms with Crippen LogP contribution < -0.4 is 0 Å². The summed E-state index contributed by atoms with van der Waals surface area (Å²) in [4.78, 5) is 10.1. The van der Waals surface area contributed by atoms with Gasteiger partial charge in [-0.2, -0.15) is 5.26 Å². The van der Waals surface area contributed by atoms with E-state index >= 15 is 0 Å². The van der Waals surface area contributed by atoms with Gasteiger partial charge in [-0.3, -0.25) is 0 Å². The second kappa shape index (κ2) is 3.47. The molecule has 0 amide bonds. The van der Waals surface area contributed by atoms with E-state index in [0.717, 1.165) is 0 Å². The Morgan fingerprint density at radius 1 is 1.45 bits per heavy atom. The van der Waals surface area contributed by atoms with Crippen molar-refractivity contribution >= 4 is 5.69 Å². The van der Waals surface area contributed by atoms with E-state index in [2.05, 4.69) is 5.18 Å². The third kappa shape index (κ3) is 1.62. The molecule has 0 unspecified atom stereocenters. The van der Waals surface area contributed by atoms with Crippen molar-refractivity contribution in [3.63, 3.8) is 0 Å². The van der Waals surface area contributed by atoms with Gasteiger partial charge in [0.25, 0.3) is 0 Å². The van der Waals surface area contributed by atoms with Gasteiger partial charge in [-0.25, -0.2) is 0 Å². The normalized spacial score (nSPS) is 8.64. The van der Waals surface area contributed by atoms with Crippen LogP contribution in [0.5, 0.6) is 0 Å². The molecule has 0 heterocycles. The fraction of sp³-hybridized carbons (Fsp3) is 0.125. The van der Waals surface area contributed by atoms with E-state index in [0.29, 0.717) is 11.3 Å². The van der Waals surface area contributed by atoms with Crippen LogP contribution in [-0.4, -0.2) is 0 Å². The molecule has 0 saturated heterocycles. The Morgan fingerprint density at radius 3 is 2.82 bits per heavy atom. The maximum Gasteiger partial charge on any atom is 0.112 e. The third-order valence-corrected chi connectivity index (χ3v) is 1.36. The van der Waals surface area contributed by atoms with Gasteiger partial charge in [0.1, 0.15) is 5.69 Å². The molecule has 11 heavy (non-hydrogen) atoms. The minimum Gasteiger partial charge on any atom is -0.198 e. The number of nitrogens with zero attached hydrogens (tertiary/aromatic N) is 2. The Labute approximate surface area is 64.2 Å². The van der Waals surface area contributed by atoms with Crippen LogP contribution in [0.1, 0.15) is 5.56 Å². The minimum atomic E-state index is 0.238. The highest BCUT2D eigenvalue weighted by molar-refractivity contribution is 5.46. The zero-order valence-electron chi connectivity index (χ0n) is 5.82. The summed E-state index contributed by atoms with van der Waals surface area (Å²) in [6.45, 7) is 0. The van der Waals surface area contributed by atoms with Crippen LogP contribution in [0.2, 0.25) is 0 Å². The molecule has 0 aliphatic heterocycles. The largest absolute Gasteiger partial charge is 0.198 e. The molecule has 1 aromatic rings.